The second kappa shape index (κ2) is 8.92. The molecule has 1 amide bonds. The number of hydrogen-bond donors (Lipinski definition) is 1. The van der Waals surface area contributed by atoms with Crippen LogP contribution < -0.4 is 10.1 Å². The maximum atomic E-state index is 13.1. The minimum atomic E-state index is 0.0174. The molecular formula is C23H36N2O2. The summed E-state index contributed by atoms with van der Waals surface area (Å²) < 4.78 is 5.39. The van der Waals surface area contributed by atoms with Crippen LogP contribution in [0.4, 0.5) is 0 Å². The quantitative estimate of drug-likeness (QED) is 0.709. The van der Waals surface area contributed by atoms with Gasteiger partial charge in [0.05, 0.1) is 7.11 Å². The van der Waals surface area contributed by atoms with Crippen LogP contribution in [0.5, 0.6) is 5.75 Å². The lowest BCUT2D eigenvalue weighted by molar-refractivity contribution is -0.130. The Kier molecular flexibility index (Phi) is 7.10. The van der Waals surface area contributed by atoms with Crippen molar-refractivity contribution in [3.05, 3.63) is 35.9 Å². The van der Waals surface area contributed by atoms with Gasteiger partial charge in [0, 0.05) is 35.3 Å². The second-order valence-electron chi connectivity index (χ2n) is 8.92. The lowest BCUT2D eigenvalue weighted by Crippen LogP contribution is -2.62. The summed E-state index contributed by atoms with van der Waals surface area (Å²) in [5.41, 5.74) is 0.960. The fourth-order valence-corrected chi connectivity index (χ4v) is 4.35. The monoisotopic (exact) mass is 372 g/mol. The summed E-state index contributed by atoms with van der Waals surface area (Å²) >= 11 is 0. The molecule has 0 aliphatic carbocycles. The number of rotatable bonds is 7. The van der Waals surface area contributed by atoms with Gasteiger partial charge in [0.25, 0.3) is 0 Å². The van der Waals surface area contributed by atoms with Crippen molar-refractivity contribution in [1.82, 2.24) is 10.2 Å². The molecule has 1 N–H and O–H groups in total. The number of nitrogens with zero attached hydrogens (tertiary/aromatic N) is 1. The highest BCUT2D eigenvalue weighted by atomic mass is 16.5. The van der Waals surface area contributed by atoms with E-state index in [0.29, 0.717) is 0 Å². The Morgan fingerprint density at radius 3 is 2.44 bits per heavy atom. The SMILES string of the molecule is CCCCN(C(=O)/C=C/c1ccccc1OC)C1CC(C)(C)NC(C)(C)C1. The maximum Gasteiger partial charge on any atom is 0.246 e. The fraction of sp³-hybridized carbons (Fsp3) is 0.609. The van der Waals surface area contributed by atoms with E-state index in [1.54, 1.807) is 13.2 Å². The van der Waals surface area contributed by atoms with Gasteiger partial charge in [-0.1, -0.05) is 31.5 Å². The molecule has 1 aromatic rings. The third-order valence-corrected chi connectivity index (χ3v) is 5.19. The molecule has 4 nitrogen and oxygen atoms in total. The molecular weight excluding hydrogens is 336 g/mol. The third kappa shape index (κ3) is 6.10. The summed E-state index contributed by atoms with van der Waals surface area (Å²) in [4.78, 5) is 15.2. The van der Waals surface area contributed by atoms with Crippen LogP contribution in [0.2, 0.25) is 0 Å². The van der Waals surface area contributed by atoms with Crippen molar-refractivity contribution in [3.8, 4) is 5.75 Å². The number of methoxy groups -OCH3 is 1. The van der Waals surface area contributed by atoms with E-state index in [9.17, 15) is 4.79 Å². The number of carbonyl (C=O) groups is 1. The number of carbonyl (C=O) groups excluding carboxylic acids is 1. The van der Waals surface area contributed by atoms with Gasteiger partial charge in [-0.2, -0.15) is 0 Å². The summed E-state index contributed by atoms with van der Waals surface area (Å²) in [5.74, 6) is 0.874. The Morgan fingerprint density at radius 2 is 1.85 bits per heavy atom. The molecule has 0 aromatic heterocycles. The van der Waals surface area contributed by atoms with E-state index in [-0.39, 0.29) is 23.0 Å². The van der Waals surface area contributed by atoms with Crippen LogP contribution >= 0.6 is 0 Å². The summed E-state index contributed by atoms with van der Waals surface area (Å²) in [6, 6.07) is 8.02. The molecule has 0 saturated carbocycles. The molecule has 150 valence electrons. The van der Waals surface area contributed by atoms with Crippen molar-refractivity contribution in [2.75, 3.05) is 13.7 Å². The van der Waals surface area contributed by atoms with Crippen LogP contribution in [-0.4, -0.2) is 41.6 Å². The number of benzene rings is 1. The van der Waals surface area contributed by atoms with E-state index in [4.69, 9.17) is 4.74 Å². The van der Waals surface area contributed by atoms with Crippen molar-refractivity contribution >= 4 is 12.0 Å². The largest absolute Gasteiger partial charge is 0.496 e. The van der Waals surface area contributed by atoms with Gasteiger partial charge >= 0.3 is 0 Å². The molecule has 1 saturated heterocycles. The zero-order valence-electron chi connectivity index (χ0n) is 17.8. The lowest BCUT2D eigenvalue weighted by atomic mass is 9.79. The number of nitrogens with one attached hydrogen (secondary N) is 1. The predicted octanol–water partition coefficient (Wildman–Crippen LogP) is 4.65. The minimum absolute atomic E-state index is 0.0174. The first-order valence-electron chi connectivity index (χ1n) is 10.1. The zero-order chi connectivity index (χ0) is 20.1. The highest BCUT2D eigenvalue weighted by molar-refractivity contribution is 5.92. The van der Waals surface area contributed by atoms with Crippen molar-refractivity contribution in [2.45, 2.75) is 77.4 Å². The van der Waals surface area contributed by atoms with E-state index in [0.717, 1.165) is 43.5 Å². The first kappa shape index (κ1) is 21.5. The highest BCUT2D eigenvalue weighted by Crippen LogP contribution is 2.32. The topological polar surface area (TPSA) is 41.6 Å². The molecule has 1 aliphatic heterocycles. The van der Waals surface area contributed by atoms with Crippen LogP contribution in [0.3, 0.4) is 0 Å². The standard InChI is InChI=1S/C23H36N2O2/c1-7-8-15-25(19-16-22(2,3)24-23(4,5)17-19)21(26)14-13-18-11-9-10-12-20(18)27-6/h9-14,19,24H,7-8,15-17H2,1-6H3/b14-13+. The molecule has 1 heterocycles. The number of piperidine rings is 1. The van der Waals surface area contributed by atoms with E-state index in [2.05, 4.69) is 44.8 Å². The lowest BCUT2D eigenvalue weighted by Gasteiger charge is -2.49. The van der Waals surface area contributed by atoms with E-state index in [1.165, 1.54) is 0 Å². The number of ether oxygens (including phenoxy) is 1. The van der Waals surface area contributed by atoms with Crippen LogP contribution in [-0.2, 0) is 4.79 Å². The smallest absolute Gasteiger partial charge is 0.246 e. The molecule has 1 aliphatic rings. The van der Waals surface area contributed by atoms with Gasteiger partial charge in [0.1, 0.15) is 5.75 Å². The third-order valence-electron chi connectivity index (χ3n) is 5.19. The first-order valence-corrected chi connectivity index (χ1v) is 10.1. The molecule has 27 heavy (non-hydrogen) atoms. The number of amides is 1. The van der Waals surface area contributed by atoms with Gasteiger partial charge in [-0.25, -0.2) is 0 Å². The number of para-hydroxylation sites is 1. The highest BCUT2D eigenvalue weighted by Gasteiger charge is 2.40. The molecule has 4 heteroatoms. The minimum Gasteiger partial charge on any atom is -0.496 e. The Labute approximate surface area is 165 Å². The Bertz CT molecular complexity index is 648. The van der Waals surface area contributed by atoms with Crippen molar-refractivity contribution in [2.24, 2.45) is 0 Å². The van der Waals surface area contributed by atoms with Gasteiger partial charge < -0.3 is 15.0 Å². The van der Waals surface area contributed by atoms with Gasteiger partial charge in [-0.05, 0) is 59.1 Å². The first-order chi connectivity index (χ1) is 12.7. The Balaban J connectivity index is 2.22. The Morgan fingerprint density at radius 1 is 1.22 bits per heavy atom. The Hall–Kier alpha value is -1.81. The van der Waals surface area contributed by atoms with Crippen molar-refractivity contribution < 1.29 is 9.53 Å². The zero-order valence-corrected chi connectivity index (χ0v) is 17.8. The van der Waals surface area contributed by atoms with Crippen LogP contribution in [0.15, 0.2) is 30.3 Å². The van der Waals surface area contributed by atoms with Crippen LogP contribution in [0.25, 0.3) is 6.08 Å². The van der Waals surface area contributed by atoms with E-state index < -0.39 is 0 Å². The number of unbranched alkanes of at least 4 members (excludes halogenated alkanes) is 1. The van der Waals surface area contributed by atoms with Gasteiger partial charge in [-0.15, -0.1) is 0 Å². The molecule has 0 unspecified atom stereocenters. The summed E-state index contributed by atoms with van der Waals surface area (Å²) in [5, 5.41) is 3.71. The fourth-order valence-electron chi connectivity index (χ4n) is 4.35. The number of hydrogen-bond acceptors (Lipinski definition) is 3. The van der Waals surface area contributed by atoms with Crippen LogP contribution in [0, 0.1) is 0 Å². The van der Waals surface area contributed by atoms with Crippen molar-refractivity contribution in [1.29, 1.82) is 0 Å². The van der Waals surface area contributed by atoms with E-state index in [1.807, 2.05) is 30.3 Å². The predicted molar refractivity (Wildman–Crippen MR) is 113 cm³/mol. The molecule has 0 spiro atoms. The normalized spacial score (nSPS) is 19.2. The second-order valence-corrected chi connectivity index (χ2v) is 8.92. The summed E-state index contributed by atoms with van der Waals surface area (Å²) in [6.45, 7) is 11.9. The molecule has 1 fully saturated rings. The molecule has 2 rings (SSSR count). The molecule has 0 atom stereocenters. The summed E-state index contributed by atoms with van der Waals surface area (Å²) in [7, 11) is 1.65. The van der Waals surface area contributed by atoms with Crippen LogP contribution in [0.1, 0.15) is 65.9 Å². The average molecular weight is 373 g/mol. The van der Waals surface area contributed by atoms with Gasteiger partial charge in [0.15, 0.2) is 0 Å². The molecule has 1 aromatic carbocycles. The average Bonchev–Trinajstić information content (AvgIpc) is 2.57. The molecule has 0 radical (unpaired) electrons. The van der Waals surface area contributed by atoms with Gasteiger partial charge in [-0.3, -0.25) is 4.79 Å². The van der Waals surface area contributed by atoms with Crippen molar-refractivity contribution in [3.63, 3.8) is 0 Å². The van der Waals surface area contributed by atoms with E-state index >= 15 is 0 Å². The molecule has 0 bridgehead atoms. The summed E-state index contributed by atoms with van der Waals surface area (Å²) in [6.07, 6.45) is 7.62. The maximum absolute atomic E-state index is 13.1. The van der Waals surface area contributed by atoms with Gasteiger partial charge in [0.2, 0.25) is 5.91 Å².